The predicted octanol–water partition coefficient (Wildman–Crippen LogP) is 3.57. The molecule has 0 saturated heterocycles. The standard InChI is InChI=1S/C11H14F3N.ClH/c1-3-6(2)11(15)7-4-8(12)10(14)9(13)5-7;/h4-6,11H,3,15H2,1-2H3;1H/t6?,11-;/m0./s1. The molecule has 0 radical (unpaired) electrons. The Labute approximate surface area is 99.2 Å². The van der Waals surface area contributed by atoms with Crippen molar-refractivity contribution in [1.82, 2.24) is 0 Å². The Hall–Kier alpha value is -0.740. The van der Waals surface area contributed by atoms with Crippen LogP contribution in [0.25, 0.3) is 0 Å². The van der Waals surface area contributed by atoms with Gasteiger partial charge in [-0.15, -0.1) is 12.4 Å². The molecule has 0 aliphatic heterocycles. The summed E-state index contributed by atoms with van der Waals surface area (Å²) in [5, 5.41) is 0. The molecule has 0 aliphatic carbocycles. The average molecular weight is 254 g/mol. The van der Waals surface area contributed by atoms with E-state index in [0.717, 1.165) is 18.6 Å². The molecular formula is C11H15ClF3N. The summed E-state index contributed by atoms with van der Waals surface area (Å²) < 4.78 is 38.5. The molecule has 0 amide bonds. The molecule has 1 aromatic rings. The molecule has 0 saturated carbocycles. The van der Waals surface area contributed by atoms with Crippen LogP contribution in [0.2, 0.25) is 0 Å². The van der Waals surface area contributed by atoms with E-state index < -0.39 is 23.5 Å². The van der Waals surface area contributed by atoms with Gasteiger partial charge >= 0.3 is 0 Å². The highest BCUT2D eigenvalue weighted by Gasteiger charge is 2.18. The maximum absolute atomic E-state index is 12.9. The molecule has 2 N–H and O–H groups in total. The lowest BCUT2D eigenvalue weighted by molar-refractivity contribution is 0.426. The number of hydrogen-bond donors (Lipinski definition) is 1. The molecule has 0 aliphatic rings. The maximum Gasteiger partial charge on any atom is 0.194 e. The van der Waals surface area contributed by atoms with Gasteiger partial charge in [-0.2, -0.15) is 0 Å². The van der Waals surface area contributed by atoms with E-state index in [1.807, 2.05) is 13.8 Å². The van der Waals surface area contributed by atoms with Gasteiger partial charge in [-0.1, -0.05) is 20.3 Å². The SMILES string of the molecule is CCC(C)[C@H](N)c1cc(F)c(F)c(F)c1.Cl. The smallest absolute Gasteiger partial charge is 0.194 e. The van der Waals surface area contributed by atoms with Crippen LogP contribution in [0.5, 0.6) is 0 Å². The molecule has 0 fully saturated rings. The van der Waals surface area contributed by atoms with E-state index in [1.54, 1.807) is 0 Å². The van der Waals surface area contributed by atoms with Crippen LogP contribution in [0.15, 0.2) is 12.1 Å². The summed E-state index contributed by atoms with van der Waals surface area (Å²) in [7, 11) is 0. The molecule has 1 rings (SSSR count). The predicted molar refractivity (Wildman–Crippen MR) is 59.9 cm³/mol. The van der Waals surface area contributed by atoms with Crippen molar-refractivity contribution in [2.45, 2.75) is 26.3 Å². The molecule has 0 bridgehead atoms. The van der Waals surface area contributed by atoms with Crippen LogP contribution in [0, 0.1) is 23.4 Å². The van der Waals surface area contributed by atoms with Crippen LogP contribution >= 0.6 is 12.4 Å². The van der Waals surface area contributed by atoms with Crippen LogP contribution in [0.1, 0.15) is 31.9 Å². The molecule has 2 atom stereocenters. The Morgan fingerprint density at radius 3 is 2.00 bits per heavy atom. The zero-order chi connectivity index (χ0) is 11.6. The first kappa shape index (κ1) is 15.3. The Balaban J connectivity index is 0.00000225. The normalized spacial score (nSPS) is 14.1. The quantitative estimate of drug-likeness (QED) is 0.819. The first-order chi connectivity index (χ1) is 6.97. The fourth-order valence-electron chi connectivity index (χ4n) is 1.35. The van der Waals surface area contributed by atoms with Gasteiger partial charge in [0.15, 0.2) is 17.5 Å². The van der Waals surface area contributed by atoms with Gasteiger partial charge in [-0.3, -0.25) is 0 Å². The van der Waals surface area contributed by atoms with E-state index in [2.05, 4.69) is 0 Å². The van der Waals surface area contributed by atoms with Crippen molar-refractivity contribution in [3.05, 3.63) is 35.1 Å². The summed E-state index contributed by atoms with van der Waals surface area (Å²) in [4.78, 5) is 0. The van der Waals surface area contributed by atoms with E-state index in [0.29, 0.717) is 5.56 Å². The highest BCUT2D eigenvalue weighted by molar-refractivity contribution is 5.85. The second-order valence-electron chi connectivity index (χ2n) is 3.71. The molecular weight excluding hydrogens is 239 g/mol. The van der Waals surface area contributed by atoms with E-state index >= 15 is 0 Å². The summed E-state index contributed by atoms with van der Waals surface area (Å²) in [6.07, 6.45) is 0.793. The van der Waals surface area contributed by atoms with Crippen LogP contribution in [-0.4, -0.2) is 0 Å². The molecule has 1 aromatic carbocycles. The van der Waals surface area contributed by atoms with Crippen LogP contribution in [-0.2, 0) is 0 Å². The molecule has 0 aromatic heterocycles. The summed E-state index contributed by atoms with van der Waals surface area (Å²) in [5.41, 5.74) is 6.07. The zero-order valence-corrected chi connectivity index (χ0v) is 9.95. The lowest BCUT2D eigenvalue weighted by Gasteiger charge is -2.18. The van der Waals surface area contributed by atoms with Crippen molar-refractivity contribution in [3.8, 4) is 0 Å². The van der Waals surface area contributed by atoms with Crippen molar-refractivity contribution in [2.75, 3.05) is 0 Å². The van der Waals surface area contributed by atoms with Crippen molar-refractivity contribution in [3.63, 3.8) is 0 Å². The molecule has 0 spiro atoms. The fourth-order valence-corrected chi connectivity index (χ4v) is 1.35. The van der Waals surface area contributed by atoms with Gasteiger partial charge in [-0.25, -0.2) is 13.2 Å². The summed E-state index contributed by atoms with van der Waals surface area (Å²) in [5.74, 6) is -3.74. The Morgan fingerprint density at radius 2 is 1.62 bits per heavy atom. The molecule has 16 heavy (non-hydrogen) atoms. The summed E-state index contributed by atoms with van der Waals surface area (Å²) in [6, 6.07) is 1.43. The van der Waals surface area contributed by atoms with E-state index in [9.17, 15) is 13.2 Å². The molecule has 5 heteroatoms. The largest absolute Gasteiger partial charge is 0.324 e. The van der Waals surface area contributed by atoms with Gasteiger partial charge in [0.1, 0.15) is 0 Å². The third kappa shape index (κ3) is 3.12. The second-order valence-corrected chi connectivity index (χ2v) is 3.71. The number of hydrogen-bond acceptors (Lipinski definition) is 1. The minimum absolute atomic E-state index is 0. The minimum Gasteiger partial charge on any atom is -0.324 e. The average Bonchev–Trinajstić information content (AvgIpc) is 2.23. The molecule has 0 heterocycles. The topological polar surface area (TPSA) is 26.0 Å². The first-order valence-electron chi connectivity index (χ1n) is 4.87. The van der Waals surface area contributed by atoms with Gasteiger partial charge in [0.2, 0.25) is 0 Å². The highest BCUT2D eigenvalue weighted by Crippen LogP contribution is 2.24. The van der Waals surface area contributed by atoms with Gasteiger partial charge in [0.05, 0.1) is 0 Å². The summed E-state index contributed by atoms with van der Waals surface area (Å²) in [6.45, 7) is 3.81. The van der Waals surface area contributed by atoms with Crippen LogP contribution in [0.4, 0.5) is 13.2 Å². The maximum atomic E-state index is 12.9. The Kier molecular flexibility index (Phi) is 5.83. The Bertz CT molecular complexity index is 334. The second kappa shape index (κ2) is 6.11. The van der Waals surface area contributed by atoms with E-state index in [1.165, 1.54) is 0 Å². The third-order valence-electron chi connectivity index (χ3n) is 2.65. The van der Waals surface area contributed by atoms with E-state index in [-0.39, 0.29) is 18.3 Å². The van der Waals surface area contributed by atoms with Gasteiger partial charge in [-0.05, 0) is 23.6 Å². The van der Waals surface area contributed by atoms with Crippen molar-refractivity contribution >= 4 is 12.4 Å². The molecule has 1 unspecified atom stereocenters. The van der Waals surface area contributed by atoms with Gasteiger partial charge in [0, 0.05) is 6.04 Å². The number of rotatable bonds is 3. The molecule has 92 valence electrons. The highest BCUT2D eigenvalue weighted by atomic mass is 35.5. The minimum atomic E-state index is -1.45. The van der Waals surface area contributed by atoms with Crippen molar-refractivity contribution in [2.24, 2.45) is 11.7 Å². The van der Waals surface area contributed by atoms with Crippen LogP contribution < -0.4 is 5.73 Å². The fraction of sp³-hybridized carbons (Fsp3) is 0.455. The number of benzene rings is 1. The van der Waals surface area contributed by atoms with Crippen molar-refractivity contribution < 1.29 is 13.2 Å². The summed E-state index contributed by atoms with van der Waals surface area (Å²) >= 11 is 0. The van der Waals surface area contributed by atoms with Gasteiger partial charge in [0.25, 0.3) is 0 Å². The van der Waals surface area contributed by atoms with E-state index in [4.69, 9.17) is 5.73 Å². The zero-order valence-electron chi connectivity index (χ0n) is 9.14. The first-order valence-corrected chi connectivity index (χ1v) is 4.87. The van der Waals surface area contributed by atoms with Crippen LogP contribution in [0.3, 0.4) is 0 Å². The lowest BCUT2D eigenvalue weighted by atomic mass is 9.93. The monoisotopic (exact) mass is 253 g/mol. The lowest BCUT2D eigenvalue weighted by Crippen LogP contribution is -2.19. The Morgan fingerprint density at radius 1 is 1.19 bits per heavy atom. The number of halogens is 4. The third-order valence-corrected chi connectivity index (χ3v) is 2.65. The molecule has 1 nitrogen and oxygen atoms in total. The number of nitrogens with two attached hydrogens (primary N) is 1. The van der Waals surface area contributed by atoms with Gasteiger partial charge < -0.3 is 5.73 Å². The van der Waals surface area contributed by atoms with Crippen molar-refractivity contribution in [1.29, 1.82) is 0 Å².